The third-order valence-electron chi connectivity index (χ3n) is 6.41. The van der Waals surface area contributed by atoms with Gasteiger partial charge in [-0.25, -0.2) is 0 Å². The molecule has 2 unspecified atom stereocenters. The third kappa shape index (κ3) is 4.29. The molecule has 26 heavy (non-hydrogen) atoms. The Morgan fingerprint density at radius 2 is 1.23 bits per heavy atom. The van der Waals surface area contributed by atoms with Crippen LogP contribution in [0, 0.1) is 0 Å². The zero-order chi connectivity index (χ0) is 19.6. The van der Waals surface area contributed by atoms with Crippen LogP contribution in [0.5, 0.6) is 0 Å². The van der Waals surface area contributed by atoms with Gasteiger partial charge in [-0.15, -0.1) is 0 Å². The van der Waals surface area contributed by atoms with Gasteiger partial charge in [0.05, 0.1) is 0 Å². The van der Waals surface area contributed by atoms with Crippen molar-refractivity contribution in [1.29, 1.82) is 0 Å². The van der Waals surface area contributed by atoms with E-state index in [2.05, 4.69) is 65.1 Å². The Labute approximate surface area is 170 Å². The van der Waals surface area contributed by atoms with Gasteiger partial charge in [0.2, 0.25) is 0 Å². The quantitative estimate of drug-likeness (QED) is 0.283. The number of allylic oxidation sites excluding steroid dienone is 8. The van der Waals surface area contributed by atoms with Crippen molar-refractivity contribution >= 4 is 22.9 Å². The molecule has 0 fully saturated rings. The zero-order valence-corrected chi connectivity index (χ0v) is 22.7. The first-order chi connectivity index (χ1) is 12.1. The van der Waals surface area contributed by atoms with Crippen molar-refractivity contribution in [2.45, 2.75) is 86.6 Å². The van der Waals surface area contributed by atoms with Crippen LogP contribution in [0.3, 0.4) is 0 Å². The van der Waals surface area contributed by atoms with Crippen molar-refractivity contribution in [3.8, 4) is 0 Å². The molecule has 0 amide bonds. The summed E-state index contributed by atoms with van der Waals surface area (Å²) in [6.07, 6.45) is 16.9. The number of hydrogen-bond acceptors (Lipinski definition) is 0. The molecule has 0 radical (unpaired) electrons. The molecule has 0 saturated carbocycles. The molecule has 2 aliphatic carbocycles. The van der Waals surface area contributed by atoms with Crippen molar-refractivity contribution in [2.24, 2.45) is 0 Å². The van der Waals surface area contributed by atoms with Crippen LogP contribution in [0.2, 0.25) is 20.3 Å². The molecule has 0 aromatic rings. The van der Waals surface area contributed by atoms with Gasteiger partial charge in [0.1, 0.15) is 0 Å². The molecule has 2 aliphatic rings. The average Bonchev–Trinajstić information content (AvgIpc) is 3.14. The molecule has 0 aliphatic heterocycles. The SMILES string of the molecule is CCCCC1=CC(C)=C[CH]1[Zr]([Cl])([Cl])([CH]1C=C(C)C=C1CCCC)[SiH](C)C. The molecule has 0 aromatic heterocycles. The Kier molecular flexibility index (Phi) is 7.92. The standard InChI is InChI=1S/2C10H15.C2H7Si.2ClH.Zr/c2*1-3-4-5-10-7-6-9(2)8-10;1-3-2;;;/h2*6-8H,3-5H2,1-2H3;3H,1-2H3;2*1H;/q;;;;;+2/p-2. The normalized spacial score (nSPS) is 24.9. The Morgan fingerprint density at radius 1 is 0.846 bits per heavy atom. The van der Waals surface area contributed by atoms with Crippen LogP contribution in [0.25, 0.3) is 0 Å². The van der Waals surface area contributed by atoms with Crippen molar-refractivity contribution in [1.82, 2.24) is 0 Å². The molecular formula is C22H37Cl2SiZr. The first-order valence-corrected chi connectivity index (χ1v) is 26.8. The van der Waals surface area contributed by atoms with Gasteiger partial charge in [0.15, 0.2) is 0 Å². The molecule has 0 spiro atoms. The first-order valence-electron chi connectivity index (χ1n) is 10.5. The topological polar surface area (TPSA) is 0 Å². The second kappa shape index (κ2) is 8.98. The number of halogens is 2. The van der Waals surface area contributed by atoms with Crippen LogP contribution in [0.15, 0.2) is 46.6 Å². The summed E-state index contributed by atoms with van der Waals surface area (Å²) in [5, 5.41) is 0. The molecule has 0 N–H and O–H groups in total. The van der Waals surface area contributed by atoms with Gasteiger partial charge in [-0.2, -0.15) is 0 Å². The molecule has 0 bridgehead atoms. The summed E-state index contributed by atoms with van der Waals surface area (Å²) < 4.78 is 0.685. The minimum absolute atomic E-state index is 0.343. The van der Waals surface area contributed by atoms with Gasteiger partial charge >= 0.3 is 172 Å². The van der Waals surface area contributed by atoms with Crippen LogP contribution in [-0.4, -0.2) is 5.92 Å². The Morgan fingerprint density at radius 3 is 1.54 bits per heavy atom. The van der Waals surface area contributed by atoms with E-state index in [4.69, 9.17) is 17.0 Å². The molecule has 147 valence electrons. The molecule has 0 nitrogen and oxygen atoms in total. The van der Waals surface area contributed by atoms with Gasteiger partial charge in [0.25, 0.3) is 0 Å². The molecule has 2 atom stereocenters. The van der Waals surface area contributed by atoms with E-state index < -0.39 is 21.5 Å². The maximum atomic E-state index is 7.89. The summed E-state index contributed by atoms with van der Waals surface area (Å²) in [6.45, 7) is 13.8. The van der Waals surface area contributed by atoms with Crippen molar-refractivity contribution in [3.05, 3.63) is 46.6 Å². The summed E-state index contributed by atoms with van der Waals surface area (Å²) >= 11 is -4.10. The van der Waals surface area contributed by atoms with Gasteiger partial charge < -0.3 is 0 Å². The van der Waals surface area contributed by atoms with Crippen LogP contribution >= 0.6 is 17.0 Å². The molecule has 4 heteroatoms. The summed E-state index contributed by atoms with van der Waals surface area (Å²) in [6, 6.07) is 0. The van der Waals surface area contributed by atoms with Crippen LogP contribution in [0.1, 0.15) is 66.2 Å². The van der Waals surface area contributed by atoms with Crippen LogP contribution in [0.4, 0.5) is 0 Å². The summed E-state index contributed by atoms with van der Waals surface area (Å²) in [7, 11) is 15.8. The van der Waals surface area contributed by atoms with Crippen molar-refractivity contribution in [2.75, 3.05) is 0 Å². The van der Waals surface area contributed by atoms with E-state index in [1.165, 1.54) is 48.0 Å². The fraction of sp³-hybridized carbons (Fsp3) is 0.636. The fourth-order valence-corrected chi connectivity index (χ4v) is 33.7. The number of hydrogen-bond donors (Lipinski definition) is 0. The predicted molar refractivity (Wildman–Crippen MR) is 121 cm³/mol. The van der Waals surface area contributed by atoms with Crippen molar-refractivity contribution in [3.63, 3.8) is 0 Å². The third-order valence-corrected chi connectivity index (χ3v) is 58.7. The molecule has 2 rings (SSSR count). The summed E-state index contributed by atoms with van der Waals surface area (Å²) in [5.74, 6) is -1.25. The summed E-state index contributed by atoms with van der Waals surface area (Å²) in [5.41, 5.74) is 5.81. The van der Waals surface area contributed by atoms with Gasteiger partial charge in [0, 0.05) is 0 Å². The molecular weight excluding hydrogens is 454 g/mol. The van der Waals surface area contributed by atoms with E-state index in [1.54, 1.807) is 0 Å². The van der Waals surface area contributed by atoms with Gasteiger partial charge in [-0.1, -0.05) is 0 Å². The summed E-state index contributed by atoms with van der Waals surface area (Å²) in [4.78, 5) is 0. The second-order valence-electron chi connectivity index (χ2n) is 8.80. The van der Waals surface area contributed by atoms with Gasteiger partial charge in [-0.05, 0) is 0 Å². The Bertz CT molecular complexity index is 605. The molecule has 0 aromatic carbocycles. The van der Waals surface area contributed by atoms with Crippen LogP contribution in [-0.2, 0) is 15.6 Å². The Hall–Kier alpha value is 0.640. The predicted octanol–water partition coefficient (Wildman–Crippen LogP) is 8.70. The second-order valence-corrected chi connectivity index (χ2v) is 51.5. The van der Waals surface area contributed by atoms with E-state index in [9.17, 15) is 0 Å². The van der Waals surface area contributed by atoms with E-state index in [0.29, 0.717) is 7.25 Å². The average molecular weight is 492 g/mol. The van der Waals surface area contributed by atoms with E-state index in [1.807, 2.05) is 0 Å². The number of unbranched alkanes of at least 4 members (excludes halogenated alkanes) is 2. The van der Waals surface area contributed by atoms with E-state index in [-0.39, 0.29) is 0 Å². The molecule has 0 saturated heterocycles. The fourth-order valence-electron chi connectivity index (χ4n) is 4.76. The maximum absolute atomic E-state index is 7.89. The Balaban J connectivity index is 2.50. The zero-order valence-electron chi connectivity index (χ0n) is 17.5. The van der Waals surface area contributed by atoms with E-state index in [0.717, 1.165) is 12.8 Å². The monoisotopic (exact) mass is 489 g/mol. The molecule has 0 heterocycles. The van der Waals surface area contributed by atoms with Gasteiger partial charge in [-0.3, -0.25) is 0 Å². The van der Waals surface area contributed by atoms with Crippen LogP contribution < -0.4 is 0 Å². The number of rotatable bonds is 9. The minimum atomic E-state index is -4.10. The van der Waals surface area contributed by atoms with E-state index >= 15 is 0 Å². The first kappa shape index (κ1) is 22.9. The van der Waals surface area contributed by atoms with Crippen molar-refractivity contribution < 1.29 is 15.6 Å².